The van der Waals surface area contributed by atoms with Gasteiger partial charge in [-0.1, -0.05) is 49.4 Å². The predicted molar refractivity (Wildman–Crippen MR) is 136 cm³/mol. The van der Waals surface area contributed by atoms with Crippen molar-refractivity contribution in [1.29, 1.82) is 0 Å². The lowest BCUT2D eigenvalue weighted by molar-refractivity contribution is -0.155. The van der Waals surface area contributed by atoms with Gasteiger partial charge in [0.05, 0.1) is 5.56 Å². The van der Waals surface area contributed by atoms with E-state index in [0.29, 0.717) is 5.56 Å². The zero-order chi connectivity index (χ0) is 27.5. The van der Waals surface area contributed by atoms with Crippen molar-refractivity contribution in [2.24, 2.45) is 17.8 Å². The van der Waals surface area contributed by atoms with Gasteiger partial charge in [0, 0.05) is 36.7 Å². The van der Waals surface area contributed by atoms with Crippen molar-refractivity contribution >= 4 is 28.9 Å². The lowest BCUT2D eigenvalue weighted by atomic mass is 9.51. The molecule has 8 nitrogen and oxygen atoms in total. The number of rotatable bonds is 5. The van der Waals surface area contributed by atoms with Crippen molar-refractivity contribution in [1.82, 2.24) is 0 Å². The first-order valence-electron chi connectivity index (χ1n) is 12.5. The summed E-state index contributed by atoms with van der Waals surface area (Å²) in [5.41, 5.74) is -2.21. The third-order valence-electron chi connectivity index (χ3n) is 8.38. The summed E-state index contributed by atoms with van der Waals surface area (Å²) in [5.74, 6) is -7.94. The maximum atomic E-state index is 13.9. The third kappa shape index (κ3) is 3.62. The third-order valence-corrected chi connectivity index (χ3v) is 8.38. The number of ketones is 4. The van der Waals surface area contributed by atoms with Gasteiger partial charge in [-0.2, -0.15) is 0 Å². The van der Waals surface area contributed by atoms with Gasteiger partial charge in [-0.05, 0) is 36.0 Å². The van der Waals surface area contributed by atoms with E-state index in [4.69, 9.17) is 0 Å². The van der Waals surface area contributed by atoms with Crippen molar-refractivity contribution < 1.29 is 39.6 Å². The van der Waals surface area contributed by atoms with E-state index in [9.17, 15) is 39.6 Å². The van der Waals surface area contributed by atoms with Crippen LogP contribution in [0.4, 0.5) is 0 Å². The number of phenols is 1. The minimum absolute atomic E-state index is 0.0400. The van der Waals surface area contributed by atoms with Crippen LogP contribution >= 0.6 is 0 Å². The molecule has 0 spiro atoms. The maximum absolute atomic E-state index is 13.9. The number of aromatic hydroxyl groups is 1. The number of benzene rings is 2. The van der Waals surface area contributed by atoms with Crippen LogP contribution in [0.2, 0.25) is 0 Å². The van der Waals surface area contributed by atoms with E-state index in [1.54, 1.807) is 43.3 Å². The topological polar surface area (TPSA) is 149 Å². The monoisotopic (exact) mass is 516 g/mol. The highest BCUT2D eigenvalue weighted by atomic mass is 16.3. The van der Waals surface area contributed by atoms with Crippen LogP contribution in [0.15, 0.2) is 65.4 Å². The van der Waals surface area contributed by atoms with E-state index in [2.05, 4.69) is 0 Å². The van der Waals surface area contributed by atoms with Gasteiger partial charge < -0.3 is 20.4 Å². The number of Topliss-reactive ketones (excluding diaryl/α,β-unsaturated/α-hetero) is 4. The van der Waals surface area contributed by atoms with E-state index in [1.807, 2.05) is 6.07 Å². The Morgan fingerprint density at radius 1 is 1.00 bits per heavy atom. The number of carbonyl (C=O) groups excluding carboxylic acids is 4. The van der Waals surface area contributed by atoms with Crippen molar-refractivity contribution in [2.45, 2.75) is 44.6 Å². The molecular weight excluding hydrogens is 488 g/mol. The molecule has 5 rings (SSSR count). The number of fused-ring (bicyclic) bond motifs is 3. The molecule has 0 saturated heterocycles. The van der Waals surface area contributed by atoms with Gasteiger partial charge in [-0.3, -0.25) is 19.2 Å². The molecule has 0 amide bonds. The van der Waals surface area contributed by atoms with Crippen LogP contribution in [-0.2, 0) is 25.6 Å². The summed E-state index contributed by atoms with van der Waals surface area (Å²) in [7, 11) is 0. The molecule has 5 unspecified atom stereocenters. The fourth-order valence-electron chi connectivity index (χ4n) is 6.71. The predicted octanol–water partition coefficient (Wildman–Crippen LogP) is 3.52. The lowest BCUT2D eigenvalue weighted by Crippen LogP contribution is -2.62. The van der Waals surface area contributed by atoms with Crippen LogP contribution in [0.3, 0.4) is 0 Å². The molecule has 0 aromatic heterocycles. The summed E-state index contributed by atoms with van der Waals surface area (Å²) in [6.45, 7) is 2.85. The number of carbonyl (C=O) groups is 4. The van der Waals surface area contributed by atoms with Gasteiger partial charge in [0.1, 0.15) is 28.6 Å². The van der Waals surface area contributed by atoms with Gasteiger partial charge in [0.15, 0.2) is 17.2 Å². The number of hydrogen-bond acceptors (Lipinski definition) is 8. The molecule has 196 valence electrons. The largest absolute Gasteiger partial charge is 0.508 e. The van der Waals surface area contributed by atoms with Crippen LogP contribution < -0.4 is 0 Å². The molecule has 5 atom stereocenters. The van der Waals surface area contributed by atoms with Crippen molar-refractivity contribution in [3.63, 3.8) is 0 Å². The molecule has 0 aliphatic heterocycles. The number of hydrogen-bond donors (Lipinski definition) is 4. The molecule has 38 heavy (non-hydrogen) atoms. The summed E-state index contributed by atoms with van der Waals surface area (Å²) >= 11 is 0. The molecule has 1 fully saturated rings. The molecule has 1 saturated carbocycles. The average Bonchev–Trinajstić information content (AvgIpc) is 2.86. The van der Waals surface area contributed by atoms with E-state index in [1.165, 1.54) is 6.07 Å². The molecular formula is C30H28O8. The lowest BCUT2D eigenvalue weighted by Gasteiger charge is -2.52. The minimum atomic E-state index is -2.69. The number of phenolic OH excluding ortho intramolecular Hbond substituents is 1. The zero-order valence-corrected chi connectivity index (χ0v) is 21.0. The Kier molecular flexibility index (Phi) is 6.10. The van der Waals surface area contributed by atoms with E-state index in [-0.39, 0.29) is 35.5 Å². The molecule has 0 bridgehead atoms. The highest BCUT2D eigenvalue weighted by Gasteiger charge is 2.64. The SMILES string of the molecule is CC(=O)C1=C(O)C2(O)C(=O)C3=C(O)c4c(O)cccc4C(C)C3C(CC(=O)Cc3ccccc3)C2CC1=O. The molecule has 3 aliphatic rings. The van der Waals surface area contributed by atoms with Crippen LogP contribution in [-0.4, -0.2) is 49.2 Å². The van der Waals surface area contributed by atoms with Crippen LogP contribution in [0.5, 0.6) is 5.75 Å². The normalized spacial score (nSPS) is 28.5. The molecule has 0 heterocycles. The first-order chi connectivity index (χ1) is 18.0. The van der Waals surface area contributed by atoms with Gasteiger partial charge in [0.2, 0.25) is 5.78 Å². The molecule has 8 heteroatoms. The highest BCUT2D eigenvalue weighted by Crippen LogP contribution is 2.58. The fourth-order valence-corrected chi connectivity index (χ4v) is 6.71. The van der Waals surface area contributed by atoms with Crippen molar-refractivity contribution in [2.75, 3.05) is 0 Å². The summed E-state index contributed by atoms with van der Waals surface area (Å²) in [6.07, 6.45) is -0.492. The standard InChI is InChI=1S/C30H28O8/c1-14-18-9-6-10-21(33)25(18)27(35)26-23(14)19(12-17(32)11-16-7-4-3-5-8-16)20-13-22(34)24(15(2)31)28(36)30(20,38)29(26)37/h3-10,14,19-20,23,33,35-36,38H,11-13H2,1-2H3. The molecule has 4 N–H and O–H groups in total. The van der Waals surface area contributed by atoms with E-state index in [0.717, 1.165) is 12.5 Å². The second-order valence-corrected chi connectivity index (χ2v) is 10.5. The second kappa shape index (κ2) is 9.06. The maximum Gasteiger partial charge on any atom is 0.202 e. The van der Waals surface area contributed by atoms with Crippen molar-refractivity contribution in [3.05, 3.63) is 82.1 Å². The van der Waals surface area contributed by atoms with Gasteiger partial charge in [0.25, 0.3) is 0 Å². The first kappa shape index (κ1) is 25.6. The second-order valence-electron chi connectivity index (χ2n) is 10.5. The highest BCUT2D eigenvalue weighted by molar-refractivity contribution is 6.23. The zero-order valence-electron chi connectivity index (χ0n) is 21.0. The molecule has 2 aromatic carbocycles. The molecule has 3 aliphatic carbocycles. The van der Waals surface area contributed by atoms with Crippen LogP contribution in [0.1, 0.15) is 49.3 Å². The Morgan fingerprint density at radius 2 is 1.68 bits per heavy atom. The minimum Gasteiger partial charge on any atom is -0.508 e. The Hall–Kier alpha value is -4.04. The van der Waals surface area contributed by atoms with Crippen LogP contribution in [0, 0.1) is 17.8 Å². The fraction of sp³-hybridized carbons (Fsp3) is 0.333. The van der Waals surface area contributed by atoms with Gasteiger partial charge >= 0.3 is 0 Å². The Morgan fingerprint density at radius 3 is 2.34 bits per heavy atom. The smallest absolute Gasteiger partial charge is 0.202 e. The van der Waals surface area contributed by atoms with Gasteiger partial charge in [-0.15, -0.1) is 0 Å². The summed E-state index contributed by atoms with van der Waals surface area (Å²) in [4.78, 5) is 52.5. The first-order valence-corrected chi connectivity index (χ1v) is 12.5. The summed E-state index contributed by atoms with van der Waals surface area (Å²) < 4.78 is 0. The van der Waals surface area contributed by atoms with E-state index >= 15 is 0 Å². The Bertz CT molecular complexity index is 1450. The average molecular weight is 517 g/mol. The van der Waals surface area contributed by atoms with Crippen molar-refractivity contribution in [3.8, 4) is 5.75 Å². The van der Waals surface area contributed by atoms with Crippen LogP contribution in [0.25, 0.3) is 5.76 Å². The Labute approximate surface area is 218 Å². The molecule has 2 aromatic rings. The Balaban J connectivity index is 1.70. The van der Waals surface area contributed by atoms with Gasteiger partial charge in [-0.25, -0.2) is 0 Å². The van der Waals surface area contributed by atoms with E-state index < -0.39 is 70.1 Å². The number of allylic oxidation sites excluding steroid dienone is 1. The number of aliphatic hydroxyl groups is 3. The number of aliphatic hydroxyl groups excluding tert-OH is 2. The summed E-state index contributed by atoms with van der Waals surface area (Å²) in [6, 6.07) is 13.7. The quantitative estimate of drug-likeness (QED) is 0.441. The molecule has 0 radical (unpaired) electrons. The summed E-state index contributed by atoms with van der Waals surface area (Å²) in [5, 5.41) is 44.7.